The van der Waals surface area contributed by atoms with Crippen LogP contribution in [0.3, 0.4) is 0 Å². The smallest absolute Gasteiger partial charge is 0.306 e. The summed E-state index contributed by atoms with van der Waals surface area (Å²) in [6.07, 6.45) is 40.9. The zero-order valence-corrected chi connectivity index (χ0v) is 34.4. The first-order valence-electron chi connectivity index (χ1n) is 22.5. The zero-order chi connectivity index (χ0) is 37.3. The molecule has 0 N–H and O–H groups in total. The van der Waals surface area contributed by atoms with Gasteiger partial charge in [0.25, 0.3) is 0 Å². The fraction of sp³-hybridized carbons (Fsp3) is 0.933. The Hall–Kier alpha value is -1.59. The van der Waals surface area contributed by atoms with Crippen molar-refractivity contribution in [2.24, 2.45) is 0 Å². The van der Waals surface area contributed by atoms with Crippen molar-refractivity contribution in [3.8, 4) is 0 Å². The van der Waals surface area contributed by atoms with Crippen molar-refractivity contribution in [3.05, 3.63) is 0 Å². The number of rotatable bonds is 41. The van der Waals surface area contributed by atoms with E-state index in [4.69, 9.17) is 14.2 Å². The number of unbranched alkanes of at least 4 members (excludes halogenated alkanes) is 30. The van der Waals surface area contributed by atoms with E-state index in [0.717, 1.165) is 57.8 Å². The highest BCUT2D eigenvalue weighted by Gasteiger charge is 2.19. The Kier molecular flexibility index (Phi) is 39.9. The van der Waals surface area contributed by atoms with Gasteiger partial charge in [-0.1, -0.05) is 213 Å². The lowest BCUT2D eigenvalue weighted by atomic mass is 10.0. The van der Waals surface area contributed by atoms with Crippen molar-refractivity contribution in [2.45, 2.75) is 258 Å². The predicted octanol–water partition coefficient (Wildman–Crippen LogP) is 14.1. The molecular formula is C45H86O6. The summed E-state index contributed by atoms with van der Waals surface area (Å²) in [6.45, 7) is 6.60. The molecule has 0 aliphatic heterocycles. The van der Waals surface area contributed by atoms with Crippen LogP contribution >= 0.6 is 0 Å². The van der Waals surface area contributed by atoms with Gasteiger partial charge in [-0.2, -0.15) is 0 Å². The highest BCUT2D eigenvalue weighted by Crippen LogP contribution is 2.16. The molecule has 0 fully saturated rings. The third-order valence-corrected chi connectivity index (χ3v) is 10.1. The lowest BCUT2D eigenvalue weighted by molar-refractivity contribution is -0.167. The van der Waals surface area contributed by atoms with Crippen LogP contribution in [0.4, 0.5) is 0 Å². The van der Waals surface area contributed by atoms with Gasteiger partial charge < -0.3 is 14.2 Å². The molecule has 0 amide bonds. The van der Waals surface area contributed by atoms with Crippen molar-refractivity contribution in [3.63, 3.8) is 0 Å². The van der Waals surface area contributed by atoms with E-state index in [0.29, 0.717) is 19.3 Å². The maximum absolute atomic E-state index is 12.6. The summed E-state index contributed by atoms with van der Waals surface area (Å²) in [6, 6.07) is 0. The monoisotopic (exact) mass is 723 g/mol. The van der Waals surface area contributed by atoms with E-state index in [1.807, 2.05) is 0 Å². The van der Waals surface area contributed by atoms with Gasteiger partial charge in [-0.05, 0) is 19.3 Å². The highest BCUT2D eigenvalue weighted by atomic mass is 16.6. The Bertz CT molecular complexity index is 753. The quantitative estimate of drug-likeness (QED) is 0.0355. The molecule has 6 heteroatoms. The first-order valence-corrected chi connectivity index (χ1v) is 22.5. The largest absolute Gasteiger partial charge is 0.462 e. The van der Waals surface area contributed by atoms with Crippen LogP contribution in [0.1, 0.15) is 252 Å². The summed E-state index contributed by atoms with van der Waals surface area (Å²) in [7, 11) is 0. The molecule has 0 aliphatic rings. The Morgan fingerprint density at radius 2 is 0.529 bits per heavy atom. The van der Waals surface area contributed by atoms with Gasteiger partial charge >= 0.3 is 17.9 Å². The molecule has 0 aromatic rings. The van der Waals surface area contributed by atoms with Crippen molar-refractivity contribution < 1.29 is 28.6 Å². The lowest BCUT2D eigenvalue weighted by Gasteiger charge is -2.18. The van der Waals surface area contributed by atoms with Gasteiger partial charge in [-0.25, -0.2) is 0 Å². The molecule has 6 nitrogen and oxygen atoms in total. The van der Waals surface area contributed by atoms with Crippen molar-refractivity contribution in [2.75, 3.05) is 13.2 Å². The third kappa shape index (κ3) is 39.5. The molecule has 1 atom stereocenters. The van der Waals surface area contributed by atoms with Gasteiger partial charge in [0.15, 0.2) is 6.10 Å². The molecule has 302 valence electrons. The van der Waals surface area contributed by atoms with Gasteiger partial charge in [0.2, 0.25) is 0 Å². The standard InChI is InChI=1S/C45H86O6/c1-4-7-10-13-16-18-20-21-22-23-25-27-30-32-35-38-44(47)50-41-42(51-45(48)39-36-33-28-15-12-9-6-3)40-49-43(46)37-34-31-29-26-24-19-17-14-11-8-5-2/h42H,4-41H2,1-3H3/t42-/m1/s1. The second-order valence-corrected chi connectivity index (χ2v) is 15.3. The van der Waals surface area contributed by atoms with Crippen LogP contribution in [0.5, 0.6) is 0 Å². The molecule has 0 rings (SSSR count). The van der Waals surface area contributed by atoms with E-state index in [1.165, 1.54) is 154 Å². The summed E-state index contributed by atoms with van der Waals surface area (Å²) in [5.74, 6) is -0.860. The molecule has 0 saturated carbocycles. The van der Waals surface area contributed by atoms with Gasteiger partial charge in [0.1, 0.15) is 13.2 Å². The fourth-order valence-electron chi connectivity index (χ4n) is 6.68. The minimum Gasteiger partial charge on any atom is -0.462 e. The van der Waals surface area contributed by atoms with Gasteiger partial charge in [-0.15, -0.1) is 0 Å². The number of carbonyl (C=O) groups is 3. The van der Waals surface area contributed by atoms with Gasteiger partial charge in [0.05, 0.1) is 0 Å². The van der Waals surface area contributed by atoms with E-state index in [1.54, 1.807) is 0 Å². The fourth-order valence-corrected chi connectivity index (χ4v) is 6.68. The second-order valence-electron chi connectivity index (χ2n) is 15.3. The van der Waals surface area contributed by atoms with Crippen LogP contribution in [0.15, 0.2) is 0 Å². The van der Waals surface area contributed by atoms with Crippen LogP contribution in [-0.4, -0.2) is 37.2 Å². The Morgan fingerprint density at radius 1 is 0.314 bits per heavy atom. The van der Waals surface area contributed by atoms with E-state index >= 15 is 0 Å². The predicted molar refractivity (Wildman–Crippen MR) is 215 cm³/mol. The van der Waals surface area contributed by atoms with Crippen LogP contribution in [-0.2, 0) is 28.6 Å². The SMILES string of the molecule is CCCCCCCCCCCCCCCCCC(=O)OC[C@@H](COC(=O)CCCCCCCCCCCCC)OC(=O)CCCCCCCCC. The van der Waals surface area contributed by atoms with E-state index in [2.05, 4.69) is 20.8 Å². The maximum atomic E-state index is 12.6. The van der Waals surface area contributed by atoms with E-state index in [9.17, 15) is 14.4 Å². The van der Waals surface area contributed by atoms with Crippen LogP contribution in [0.25, 0.3) is 0 Å². The number of hydrogen-bond donors (Lipinski definition) is 0. The average molecular weight is 723 g/mol. The van der Waals surface area contributed by atoms with E-state index < -0.39 is 6.10 Å². The molecule has 0 heterocycles. The van der Waals surface area contributed by atoms with Crippen molar-refractivity contribution >= 4 is 17.9 Å². The van der Waals surface area contributed by atoms with Gasteiger partial charge in [0, 0.05) is 19.3 Å². The number of hydrogen-bond acceptors (Lipinski definition) is 6. The Labute approximate surface area is 317 Å². The molecule has 0 unspecified atom stereocenters. The summed E-state index contributed by atoms with van der Waals surface area (Å²) < 4.78 is 16.6. The molecule has 0 aromatic carbocycles. The summed E-state index contributed by atoms with van der Waals surface area (Å²) >= 11 is 0. The van der Waals surface area contributed by atoms with Crippen LogP contribution < -0.4 is 0 Å². The molecule has 0 aromatic heterocycles. The first kappa shape index (κ1) is 49.4. The molecule has 0 saturated heterocycles. The molecule has 0 bridgehead atoms. The van der Waals surface area contributed by atoms with Gasteiger partial charge in [-0.3, -0.25) is 14.4 Å². The zero-order valence-electron chi connectivity index (χ0n) is 34.4. The Morgan fingerprint density at radius 3 is 0.784 bits per heavy atom. The van der Waals surface area contributed by atoms with Crippen LogP contribution in [0.2, 0.25) is 0 Å². The summed E-state index contributed by atoms with van der Waals surface area (Å²) in [5, 5.41) is 0. The second kappa shape index (κ2) is 41.2. The summed E-state index contributed by atoms with van der Waals surface area (Å²) in [5.41, 5.74) is 0. The number of ether oxygens (including phenoxy) is 3. The van der Waals surface area contributed by atoms with Crippen molar-refractivity contribution in [1.29, 1.82) is 0 Å². The van der Waals surface area contributed by atoms with Crippen molar-refractivity contribution in [1.82, 2.24) is 0 Å². The topological polar surface area (TPSA) is 78.9 Å². The lowest BCUT2D eigenvalue weighted by Crippen LogP contribution is -2.30. The summed E-state index contributed by atoms with van der Waals surface area (Å²) in [4.78, 5) is 37.5. The first-order chi connectivity index (χ1) is 25.0. The number of carbonyl (C=O) groups excluding carboxylic acids is 3. The maximum Gasteiger partial charge on any atom is 0.306 e. The highest BCUT2D eigenvalue weighted by molar-refractivity contribution is 5.71. The van der Waals surface area contributed by atoms with Crippen LogP contribution in [0, 0.1) is 0 Å². The molecule has 0 radical (unpaired) electrons. The number of esters is 3. The molecule has 0 spiro atoms. The third-order valence-electron chi connectivity index (χ3n) is 10.1. The average Bonchev–Trinajstić information content (AvgIpc) is 3.12. The minimum absolute atomic E-state index is 0.0634. The normalized spacial score (nSPS) is 11.8. The molecule has 51 heavy (non-hydrogen) atoms. The molecular weight excluding hydrogens is 636 g/mol. The Balaban J connectivity index is 4.21. The van der Waals surface area contributed by atoms with E-state index in [-0.39, 0.29) is 31.1 Å². The minimum atomic E-state index is -0.756. The molecule has 0 aliphatic carbocycles.